The standard InChI is InChI=1S/C9H10ClF3N2/c10-7-6-14-5-2-8(7)15-4-1-3-9(11,12)13/h2,5-6H,1,3-4H2,(H,14,15). The highest BCUT2D eigenvalue weighted by molar-refractivity contribution is 6.33. The second-order valence-corrected chi connectivity index (χ2v) is 3.41. The highest BCUT2D eigenvalue weighted by Gasteiger charge is 2.25. The number of pyridine rings is 1. The Morgan fingerprint density at radius 1 is 1.40 bits per heavy atom. The van der Waals surface area contributed by atoms with Gasteiger partial charge in [-0.2, -0.15) is 13.2 Å². The first kappa shape index (κ1) is 12.1. The van der Waals surface area contributed by atoms with Crippen LogP contribution >= 0.6 is 11.6 Å². The second-order valence-electron chi connectivity index (χ2n) is 3.00. The van der Waals surface area contributed by atoms with Crippen molar-refractivity contribution in [3.05, 3.63) is 23.5 Å². The van der Waals surface area contributed by atoms with E-state index in [1.54, 1.807) is 6.07 Å². The van der Waals surface area contributed by atoms with Crippen molar-refractivity contribution in [3.8, 4) is 0 Å². The monoisotopic (exact) mass is 238 g/mol. The molecule has 6 heteroatoms. The lowest BCUT2D eigenvalue weighted by Crippen LogP contribution is -2.11. The molecule has 2 nitrogen and oxygen atoms in total. The molecule has 1 aromatic heterocycles. The maximum atomic E-state index is 11.8. The van der Waals surface area contributed by atoms with E-state index in [-0.39, 0.29) is 13.0 Å². The minimum absolute atomic E-state index is 0.0299. The zero-order valence-electron chi connectivity index (χ0n) is 7.81. The van der Waals surface area contributed by atoms with E-state index in [1.807, 2.05) is 0 Å². The molecule has 0 radical (unpaired) electrons. The molecule has 0 amide bonds. The third-order valence-electron chi connectivity index (χ3n) is 1.72. The Labute approximate surface area is 90.5 Å². The fourth-order valence-corrected chi connectivity index (χ4v) is 1.22. The van der Waals surface area contributed by atoms with Crippen LogP contribution in [0.3, 0.4) is 0 Å². The summed E-state index contributed by atoms with van der Waals surface area (Å²) in [4.78, 5) is 3.76. The van der Waals surface area contributed by atoms with Gasteiger partial charge in [0.2, 0.25) is 0 Å². The molecule has 0 aliphatic heterocycles. The van der Waals surface area contributed by atoms with E-state index in [0.29, 0.717) is 10.7 Å². The van der Waals surface area contributed by atoms with Crippen molar-refractivity contribution in [2.75, 3.05) is 11.9 Å². The van der Waals surface area contributed by atoms with Crippen LogP contribution in [-0.4, -0.2) is 17.7 Å². The van der Waals surface area contributed by atoms with Crippen molar-refractivity contribution in [1.82, 2.24) is 4.98 Å². The summed E-state index contributed by atoms with van der Waals surface area (Å²) in [5.41, 5.74) is 0.605. The van der Waals surface area contributed by atoms with Crippen LogP contribution in [-0.2, 0) is 0 Å². The lowest BCUT2D eigenvalue weighted by atomic mass is 10.3. The van der Waals surface area contributed by atoms with Crippen molar-refractivity contribution < 1.29 is 13.2 Å². The maximum Gasteiger partial charge on any atom is 0.389 e. The highest BCUT2D eigenvalue weighted by Crippen LogP contribution is 2.22. The summed E-state index contributed by atoms with van der Waals surface area (Å²) < 4.78 is 35.4. The van der Waals surface area contributed by atoms with Gasteiger partial charge in [-0.15, -0.1) is 0 Å². The molecule has 0 saturated carbocycles. The van der Waals surface area contributed by atoms with E-state index in [4.69, 9.17) is 11.6 Å². The second kappa shape index (κ2) is 5.21. The third kappa shape index (κ3) is 4.88. The molecule has 0 aliphatic rings. The number of anilines is 1. The predicted molar refractivity (Wildman–Crippen MR) is 53.0 cm³/mol. The average Bonchev–Trinajstić information content (AvgIpc) is 2.13. The first-order chi connectivity index (χ1) is 6.99. The molecule has 0 saturated heterocycles. The predicted octanol–water partition coefficient (Wildman–Crippen LogP) is 3.49. The molecule has 0 spiro atoms. The van der Waals surface area contributed by atoms with Gasteiger partial charge in [-0.25, -0.2) is 0 Å². The molecule has 0 unspecified atom stereocenters. The van der Waals surface area contributed by atoms with Crippen LogP contribution in [0.25, 0.3) is 0 Å². The number of nitrogens with one attached hydrogen (secondary N) is 1. The Morgan fingerprint density at radius 2 is 2.13 bits per heavy atom. The molecular weight excluding hydrogens is 229 g/mol. The Balaban J connectivity index is 2.30. The average molecular weight is 239 g/mol. The topological polar surface area (TPSA) is 24.9 Å². The summed E-state index contributed by atoms with van der Waals surface area (Å²) in [6.45, 7) is 0.239. The Kier molecular flexibility index (Phi) is 4.20. The lowest BCUT2D eigenvalue weighted by molar-refractivity contribution is -0.134. The normalized spacial score (nSPS) is 11.5. The minimum atomic E-state index is -4.09. The SMILES string of the molecule is FC(F)(F)CCCNc1ccncc1Cl. The summed E-state index contributed by atoms with van der Waals surface area (Å²) in [5, 5.41) is 3.22. The van der Waals surface area contributed by atoms with Gasteiger partial charge in [0, 0.05) is 25.4 Å². The van der Waals surface area contributed by atoms with E-state index < -0.39 is 12.6 Å². The van der Waals surface area contributed by atoms with Crippen molar-refractivity contribution in [2.24, 2.45) is 0 Å². The van der Waals surface area contributed by atoms with Gasteiger partial charge in [0.15, 0.2) is 0 Å². The van der Waals surface area contributed by atoms with E-state index in [2.05, 4.69) is 10.3 Å². The molecule has 0 atom stereocenters. The molecule has 0 aliphatic carbocycles. The van der Waals surface area contributed by atoms with Gasteiger partial charge < -0.3 is 5.32 Å². The molecule has 1 N–H and O–H groups in total. The van der Waals surface area contributed by atoms with Gasteiger partial charge in [-0.05, 0) is 12.5 Å². The molecular formula is C9H10ClF3N2. The first-order valence-corrected chi connectivity index (χ1v) is 4.77. The van der Waals surface area contributed by atoms with Gasteiger partial charge >= 0.3 is 6.18 Å². The molecule has 1 heterocycles. The van der Waals surface area contributed by atoms with E-state index in [0.717, 1.165) is 0 Å². The van der Waals surface area contributed by atoms with Crippen LogP contribution < -0.4 is 5.32 Å². The lowest BCUT2D eigenvalue weighted by Gasteiger charge is -2.09. The van der Waals surface area contributed by atoms with Crippen LogP contribution in [0.15, 0.2) is 18.5 Å². The summed E-state index contributed by atoms with van der Waals surface area (Å²) in [6.07, 6.45) is -1.89. The number of hydrogen-bond donors (Lipinski definition) is 1. The van der Waals surface area contributed by atoms with Gasteiger partial charge in [-0.1, -0.05) is 11.6 Å². The third-order valence-corrected chi connectivity index (χ3v) is 2.03. The van der Waals surface area contributed by atoms with Crippen LogP contribution in [0.5, 0.6) is 0 Å². The summed E-state index contributed by atoms with van der Waals surface area (Å²) >= 11 is 5.75. The first-order valence-electron chi connectivity index (χ1n) is 4.39. The number of halogens is 4. The number of alkyl halides is 3. The summed E-state index contributed by atoms with van der Waals surface area (Å²) in [5.74, 6) is 0. The molecule has 0 fully saturated rings. The Morgan fingerprint density at radius 3 is 2.73 bits per heavy atom. The van der Waals surface area contributed by atoms with Crippen molar-refractivity contribution >= 4 is 17.3 Å². The summed E-state index contributed by atoms with van der Waals surface area (Å²) in [7, 11) is 0. The van der Waals surface area contributed by atoms with Crippen LogP contribution in [0.4, 0.5) is 18.9 Å². The fraction of sp³-hybridized carbons (Fsp3) is 0.444. The van der Waals surface area contributed by atoms with Crippen LogP contribution in [0, 0.1) is 0 Å². The number of nitrogens with zero attached hydrogens (tertiary/aromatic N) is 1. The Hall–Kier alpha value is -0.970. The smallest absolute Gasteiger partial charge is 0.384 e. The largest absolute Gasteiger partial charge is 0.389 e. The van der Waals surface area contributed by atoms with Gasteiger partial charge in [0.05, 0.1) is 10.7 Å². The van der Waals surface area contributed by atoms with Crippen molar-refractivity contribution in [3.63, 3.8) is 0 Å². The molecule has 84 valence electrons. The number of hydrogen-bond acceptors (Lipinski definition) is 2. The number of aromatic nitrogens is 1. The fourth-order valence-electron chi connectivity index (χ4n) is 1.03. The van der Waals surface area contributed by atoms with Crippen LogP contribution in [0.2, 0.25) is 5.02 Å². The van der Waals surface area contributed by atoms with Crippen molar-refractivity contribution in [1.29, 1.82) is 0 Å². The molecule has 15 heavy (non-hydrogen) atoms. The molecule has 0 bridgehead atoms. The van der Waals surface area contributed by atoms with Gasteiger partial charge in [0.25, 0.3) is 0 Å². The van der Waals surface area contributed by atoms with Crippen LogP contribution in [0.1, 0.15) is 12.8 Å². The van der Waals surface area contributed by atoms with Gasteiger partial charge in [-0.3, -0.25) is 4.98 Å². The zero-order valence-corrected chi connectivity index (χ0v) is 8.57. The molecule has 1 rings (SSSR count). The number of rotatable bonds is 4. The van der Waals surface area contributed by atoms with E-state index in [9.17, 15) is 13.2 Å². The van der Waals surface area contributed by atoms with E-state index in [1.165, 1.54) is 12.4 Å². The highest BCUT2D eigenvalue weighted by atomic mass is 35.5. The van der Waals surface area contributed by atoms with Gasteiger partial charge in [0.1, 0.15) is 0 Å². The summed E-state index contributed by atoms with van der Waals surface area (Å²) in [6, 6.07) is 1.62. The van der Waals surface area contributed by atoms with E-state index >= 15 is 0 Å². The minimum Gasteiger partial charge on any atom is -0.384 e. The van der Waals surface area contributed by atoms with Crippen molar-refractivity contribution in [2.45, 2.75) is 19.0 Å². The Bertz CT molecular complexity index is 314. The quantitative estimate of drug-likeness (QED) is 0.813. The molecule has 0 aromatic carbocycles. The molecule has 1 aromatic rings. The maximum absolute atomic E-state index is 11.8. The zero-order chi connectivity index (χ0) is 11.3.